The lowest BCUT2D eigenvalue weighted by molar-refractivity contribution is 1.13. The van der Waals surface area contributed by atoms with Crippen LogP contribution in [0, 0.1) is 69.2 Å². The van der Waals surface area contributed by atoms with Crippen molar-refractivity contribution < 1.29 is 0 Å². The van der Waals surface area contributed by atoms with Crippen molar-refractivity contribution in [3.05, 3.63) is 404 Å². The van der Waals surface area contributed by atoms with E-state index in [0.717, 1.165) is 44.7 Å². The van der Waals surface area contributed by atoms with E-state index >= 15 is 0 Å². The third-order valence-corrected chi connectivity index (χ3v) is 16.8. The maximum Gasteiger partial charge on any atom is 0.115 e. The lowest BCUT2D eigenvalue weighted by Gasteiger charge is -1.98. The van der Waals surface area contributed by atoms with Crippen molar-refractivity contribution in [1.29, 1.82) is 0 Å². The minimum atomic E-state index is 1.07. The molecule has 0 spiro atoms. The molecule has 9 aromatic carbocycles. The first kappa shape index (κ1) is 113. The number of aromatic nitrogens is 11. The molecule has 126 heavy (non-hydrogen) atoms. The number of pyridine rings is 9. The van der Waals surface area contributed by atoms with Crippen molar-refractivity contribution in [2.75, 3.05) is 0 Å². The fourth-order valence-corrected chi connectivity index (χ4v) is 11.2. The van der Waals surface area contributed by atoms with Crippen LogP contribution in [0.3, 0.4) is 0 Å². The Bertz CT molecular complexity index is 5100. The Morgan fingerprint density at radius 1 is 0.175 bits per heavy atom. The summed E-state index contributed by atoms with van der Waals surface area (Å²) in [5.41, 5.74) is 16.2. The van der Waals surface area contributed by atoms with Gasteiger partial charge in [-0.2, -0.15) is 0 Å². The van der Waals surface area contributed by atoms with Crippen LogP contribution >= 0.6 is 0 Å². The molecular weight excluding hydrogens is 1540 g/mol. The minimum absolute atomic E-state index is 1.07. The highest BCUT2D eigenvalue weighted by Crippen LogP contribution is 2.20. The van der Waals surface area contributed by atoms with Gasteiger partial charge in [-0.25, -0.2) is 9.97 Å². The van der Waals surface area contributed by atoms with E-state index in [2.05, 4.69) is 248 Å². The summed E-state index contributed by atoms with van der Waals surface area (Å²) in [7, 11) is 0. The van der Waals surface area contributed by atoms with Gasteiger partial charge in [-0.1, -0.05) is 331 Å². The molecular formula is C115H147N11. The van der Waals surface area contributed by atoms with E-state index in [1.54, 1.807) is 12.4 Å². The molecule has 662 valence electrons. The van der Waals surface area contributed by atoms with Gasteiger partial charge >= 0.3 is 0 Å². The van der Waals surface area contributed by atoms with E-state index in [4.69, 9.17) is 0 Å². The normalized spacial score (nSPS) is 9.03. The van der Waals surface area contributed by atoms with Gasteiger partial charge in [0, 0.05) is 146 Å². The van der Waals surface area contributed by atoms with Crippen molar-refractivity contribution in [1.82, 2.24) is 54.8 Å². The highest BCUT2D eigenvalue weighted by atomic mass is 14.8. The molecule has 11 nitrogen and oxygen atoms in total. The van der Waals surface area contributed by atoms with E-state index in [0.29, 0.717) is 0 Å². The lowest BCUT2D eigenvalue weighted by Crippen LogP contribution is -1.80. The number of hydrogen-bond donors (Lipinski definition) is 0. The number of aryl methyl sites for hydroxylation is 10. The first-order chi connectivity index (χ1) is 61.7. The summed E-state index contributed by atoms with van der Waals surface area (Å²) in [5.74, 6) is 0. The zero-order chi connectivity index (χ0) is 94.2. The molecule has 0 unspecified atom stereocenters. The molecule has 0 amide bonds. The maximum absolute atomic E-state index is 4.38. The monoisotopic (exact) mass is 1680 g/mol. The Kier molecular flexibility index (Phi) is 63.7. The number of fused-ring (bicyclic) bond motifs is 9. The van der Waals surface area contributed by atoms with Crippen molar-refractivity contribution in [3.63, 3.8) is 0 Å². The average molecular weight is 1680 g/mol. The van der Waals surface area contributed by atoms with Gasteiger partial charge in [0.15, 0.2) is 0 Å². The predicted octanol–water partition coefficient (Wildman–Crippen LogP) is 33.9. The largest absolute Gasteiger partial charge is 0.264 e. The second-order valence-electron chi connectivity index (χ2n) is 25.6. The van der Waals surface area contributed by atoms with Crippen LogP contribution in [0.15, 0.2) is 348 Å². The molecule has 0 aliphatic rings. The molecule has 0 fully saturated rings. The van der Waals surface area contributed by atoms with E-state index in [-0.39, 0.29) is 0 Å². The lowest BCUT2D eigenvalue weighted by atomic mass is 10.1. The topological polar surface area (TPSA) is 142 Å². The fourth-order valence-electron chi connectivity index (χ4n) is 11.2. The Labute approximate surface area is 759 Å². The molecule has 10 heterocycles. The summed E-state index contributed by atoms with van der Waals surface area (Å²) < 4.78 is 0. The van der Waals surface area contributed by atoms with E-state index in [9.17, 15) is 0 Å². The van der Waals surface area contributed by atoms with E-state index in [1.807, 2.05) is 344 Å². The van der Waals surface area contributed by atoms with Crippen LogP contribution in [0.5, 0.6) is 0 Å². The quantitative estimate of drug-likeness (QED) is 0.143. The SMILES string of the molecule is CC.CC.CC.CC.CC.CC.CC.CC.CC.CC.Cc1cc2ccccc2cn1.Cc1ccc2ccccc2n1.Cc1ccc2cccnc2c1.Cc1ccc2ccncc2c1.Cc1ccc2cnccc2c1.Cc1ccc2ncccc2c1.Cc1cnc2ccccc2c1.Cc1cncc2ccccc12.Cc1cncnc1.Cc1nccc2ccccc12. The Hall–Kier alpha value is -13.3. The molecule has 0 aliphatic carbocycles. The van der Waals surface area contributed by atoms with Gasteiger partial charge in [-0.3, -0.25) is 44.9 Å². The van der Waals surface area contributed by atoms with Crippen LogP contribution in [-0.4, -0.2) is 54.8 Å². The summed E-state index contributed by atoms with van der Waals surface area (Å²) >= 11 is 0. The van der Waals surface area contributed by atoms with Crippen LogP contribution in [0.1, 0.15) is 195 Å². The third kappa shape index (κ3) is 42.7. The molecule has 0 radical (unpaired) electrons. The average Bonchev–Trinajstić information content (AvgIpc) is 0.844. The first-order valence-electron chi connectivity index (χ1n) is 45.2. The first-order valence-corrected chi connectivity index (χ1v) is 45.2. The molecule has 11 heteroatoms. The van der Waals surface area contributed by atoms with Gasteiger partial charge in [0.05, 0.1) is 22.1 Å². The molecule has 19 rings (SSSR count). The van der Waals surface area contributed by atoms with Gasteiger partial charge in [-0.15, -0.1) is 0 Å². The zero-order valence-corrected chi connectivity index (χ0v) is 81.8. The third-order valence-electron chi connectivity index (χ3n) is 16.8. The maximum atomic E-state index is 4.38. The van der Waals surface area contributed by atoms with Crippen molar-refractivity contribution >= 4 is 97.5 Å². The van der Waals surface area contributed by atoms with Gasteiger partial charge in [-0.05, 0) is 203 Å². The highest BCUT2D eigenvalue weighted by Gasteiger charge is 1.99. The molecule has 0 saturated carbocycles. The summed E-state index contributed by atoms with van der Waals surface area (Å²) in [6, 6.07) is 88.9. The number of hydrogen-bond acceptors (Lipinski definition) is 11. The standard InChI is InChI=1S/9C10H9N.C5H6N2.10C2H6/c1-8-2-3-10-7-11-5-4-9(10)6-8;1-8-2-3-9-4-5-11-7-10(9)6-8;1-8-4-5-10-9(7-8)3-2-6-11-10;1-8-4-5-9-3-2-6-11-10(9)7-8;1-8-6-11-7-9-4-2-3-5-10(8)9;1-8-6-9-4-2-3-5-10(9)7-11-8;1-8-6-9-4-2-3-5-10(9)11-7-8;1-8-10-5-3-2-4-9(10)6-7-11-8;1-8-6-7-9-4-2-3-5-10(9)11-8;1-5-2-6-4-7-3-5;10*1-2/h9*2-7H,1H3;2-4H,1H3;10*1-2H3. The van der Waals surface area contributed by atoms with Crippen molar-refractivity contribution in [2.24, 2.45) is 0 Å². The molecule has 0 saturated heterocycles. The summed E-state index contributed by atoms with van der Waals surface area (Å²) in [5, 5.41) is 17.3. The van der Waals surface area contributed by atoms with Gasteiger partial charge in [0.2, 0.25) is 0 Å². The van der Waals surface area contributed by atoms with Gasteiger partial charge < -0.3 is 0 Å². The number of benzene rings is 9. The predicted molar refractivity (Wildman–Crippen MR) is 559 cm³/mol. The molecule has 0 atom stereocenters. The van der Waals surface area contributed by atoms with Crippen molar-refractivity contribution in [3.8, 4) is 0 Å². The van der Waals surface area contributed by atoms with Gasteiger partial charge in [0.1, 0.15) is 6.33 Å². The second-order valence-corrected chi connectivity index (χ2v) is 25.6. The molecule has 10 aromatic heterocycles. The van der Waals surface area contributed by atoms with Crippen LogP contribution < -0.4 is 0 Å². The molecule has 0 N–H and O–H groups in total. The molecule has 0 aliphatic heterocycles. The fraction of sp³-hybridized carbons (Fsp3) is 0.261. The molecule has 0 bridgehead atoms. The summed E-state index contributed by atoms with van der Waals surface area (Å²) in [6.07, 6.45) is 25.5. The molecule has 19 aromatic rings. The van der Waals surface area contributed by atoms with Crippen LogP contribution in [-0.2, 0) is 0 Å². The summed E-state index contributed by atoms with van der Waals surface area (Å²) in [4.78, 5) is 45.3. The highest BCUT2D eigenvalue weighted by molar-refractivity contribution is 5.87. The van der Waals surface area contributed by atoms with E-state index < -0.39 is 0 Å². The number of para-hydroxylation sites is 2. The second kappa shape index (κ2) is 71.2. The van der Waals surface area contributed by atoms with Crippen LogP contribution in [0.2, 0.25) is 0 Å². The van der Waals surface area contributed by atoms with Crippen molar-refractivity contribution in [2.45, 2.75) is 208 Å². The zero-order valence-electron chi connectivity index (χ0n) is 81.8. The Morgan fingerprint density at radius 3 is 1.16 bits per heavy atom. The smallest absolute Gasteiger partial charge is 0.115 e. The van der Waals surface area contributed by atoms with Crippen LogP contribution in [0.25, 0.3) is 97.5 Å². The number of nitrogens with zero attached hydrogens (tertiary/aromatic N) is 11. The van der Waals surface area contributed by atoms with Crippen LogP contribution in [0.4, 0.5) is 0 Å². The van der Waals surface area contributed by atoms with E-state index in [1.165, 1.54) is 115 Å². The Balaban J connectivity index is 0.00000135. The number of rotatable bonds is 0. The Morgan fingerprint density at radius 2 is 0.571 bits per heavy atom. The van der Waals surface area contributed by atoms with Gasteiger partial charge in [0.25, 0.3) is 0 Å². The minimum Gasteiger partial charge on any atom is -0.264 e. The summed E-state index contributed by atoms with van der Waals surface area (Å²) in [6.45, 7) is 60.5.